The Bertz CT molecular complexity index is 1350. The Hall–Kier alpha value is -3.30. The van der Waals surface area contributed by atoms with E-state index in [1.54, 1.807) is 0 Å². The third-order valence-electron chi connectivity index (χ3n) is 5.70. The Labute approximate surface area is 181 Å². The first-order valence-corrected chi connectivity index (χ1v) is 11.0. The van der Waals surface area contributed by atoms with Gasteiger partial charge in [-0.05, 0) is 40.8 Å². The number of aryl methyl sites for hydroxylation is 2. The fourth-order valence-electron chi connectivity index (χ4n) is 4.16. The van der Waals surface area contributed by atoms with E-state index in [9.17, 15) is 0 Å². The van der Waals surface area contributed by atoms with Crippen LogP contribution in [0.15, 0.2) is 97.3 Å². The van der Waals surface area contributed by atoms with Crippen LogP contribution in [0.4, 0.5) is 0 Å². The molecule has 3 heterocycles. The van der Waals surface area contributed by atoms with Gasteiger partial charge in [-0.1, -0.05) is 36.4 Å². The summed E-state index contributed by atoms with van der Waals surface area (Å²) in [7, 11) is 4.24. The van der Waals surface area contributed by atoms with E-state index >= 15 is 0 Å². The van der Waals surface area contributed by atoms with E-state index in [1.807, 2.05) is 11.3 Å². The molecule has 3 aromatic heterocycles. The first kappa shape index (κ1) is 18.7. The minimum atomic E-state index is 0.902. The topological polar surface area (TPSA) is 7.76 Å². The lowest BCUT2D eigenvalue weighted by Crippen LogP contribution is -2.30. The highest BCUT2D eigenvalue weighted by atomic mass is 32.1. The second kappa shape index (κ2) is 7.85. The van der Waals surface area contributed by atoms with Crippen molar-refractivity contribution in [1.82, 2.24) is 0 Å². The van der Waals surface area contributed by atoms with Gasteiger partial charge in [0.2, 0.25) is 11.4 Å². The summed E-state index contributed by atoms with van der Waals surface area (Å²) in [6.45, 7) is 0. The third-order valence-corrected chi connectivity index (χ3v) is 6.94. The SMILES string of the molecule is C[n+]1ccccc1-c1ccccc1Cc1c(-c2cccc[n+]2C)sc2ccccc12. The van der Waals surface area contributed by atoms with Crippen molar-refractivity contribution in [1.29, 1.82) is 0 Å². The average Bonchev–Trinajstić information content (AvgIpc) is 3.13. The van der Waals surface area contributed by atoms with E-state index < -0.39 is 0 Å². The van der Waals surface area contributed by atoms with Gasteiger partial charge in [0.1, 0.15) is 19.0 Å². The highest BCUT2D eigenvalue weighted by Crippen LogP contribution is 2.39. The maximum atomic E-state index is 2.27. The quantitative estimate of drug-likeness (QED) is 0.348. The monoisotopic (exact) mass is 408 g/mol. The van der Waals surface area contributed by atoms with Gasteiger partial charge in [-0.15, -0.1) is 11.3 Å². The highest BCUT2D eigenvalue weighted by Gasteiger charge is 2.22. The maximum Gasteiger partial charge on any atom is 0.222 e. The molecule has 0 saturated heterocycles. The number of benzene rings is 2. The predicted molar refractivity (Wildman–Crippen MR) is 124 cm³/mol. The number of fused-ring (bicyclic) bond motifs is 1. The Morgan fingerprint density at radius 1 is 0.667 bits per heavy atom. The molecule has 2 nitrogen and oxygen atoms in total. The molecule has 0 spiro atoms. The zero-order valence-electron chi connectivity index (χ0n) is 17.2. The van der Waals surface area contributed by atoms with Crippen LogP contribution in [0, 0.1) is 0 Å². The van der Waals surface area contributed by atoms with Gasteiger partial charge in [0, 0.05) is 40.9 Å². The van der Waals surface area contributed by atoms with Crippen molar-refractivity contribution in [3.05, 3.63) is 108 Å². The third kappa shape index (κ3) is 3.31. The van der Waals surface area contributed by atoms with Gasteiger partial charge in [-0.3, -0.25) is 0 Å². The normalized spacial score (nSPS) is 11.1. The zero-order chi connectivity index (χ0) is 20.5. The molecule has 2 aromatic carbocycles. The summed E-state index contributed by atoms with van der Waals surface area (Å²) in [5.41, 5.74) is 6.54. The Morgan fingerprint density at radius 3 is 2.07 bits per heavy atom. The number of rotatable bonds is 4. The molecule has 0 radical (unpaired) electrons. The lowest BCUT2D eigenvalue weighted by Gasteiger charge is -2.09. The molecule has 3 heteroatoms. The number of thiophene rings is 1. The van der Waals surface area contributed by atoms with Crippen molar-refractivity contribution in [2.75, 3.05) is 0 Å². The number of nitrogens with zero attached hydrogens (tertiary/aromatic N) is 2. The minimum absolute atomic E-state index is 0.902. The van der Waals surface area contributed by atoms with Crippen LogP contribution in [0.3, 0.4) is 0 Å². The van der Waals surface area contributed by atoms with Gasteiger partial charge in [-0.2, -0.15) is 0 Å². The molecule has 30 heavy (non-hydrogen) atoms. The van der Waals surface area contributed by atoms with Gasteiger partial charge >= 0.3 is 0 Å². The lowest BCUT2D eigenvalue weighted by atomic mass is 9.95. The van der Waals surface area contributed by atoms with E-state index in [0.29, 0.717) is 0 Å². The summed E-state index contributed by atoms with van der Waals surface area (Å²) in [6.07, 6.45) is 5.14. The number of hydrogen-bond acceptors (Lipinski definition) is 1. The number of aromatic nitrogens is 2. The average molecular weight is 409 g/mol. The van der Waals surface area contributed by atoms with Gasteiger partial charge < -0.3 is 0 Å². The van der Waals surface area contributed by atoms with Gasteiger partial charge in [0.25, 0.3) is 0 Å². The molecule has 5 rings (SSSR count). The summed E-state index contributed by atoms with van der Waals surface area (Å²) in [5, 5.41) is 1.36. The molecule has 0 amide bonds. The van der Waals surface area contributed by atoms with Crippen molar-refractivity contribution in [2.24, 2.45) is 14.1 Å². The van der Waals surface area contributed by atoms with Crippen LogP contribution in [0.1, 0.15) is 11.1 Å². The van der Waals surface area contributed by atoms with Crippen molar-refractivity contribution in [3.8, 4) is 21.8 Å². The maximum absolute atomic E-state index is 2.27. The van der Waals surface area contributed by atoms with E-state index in [-0.39, 0.29) is 0 Å². The minimum Gasteiger partial charge on any atom is -0.201 e. The van der Waals surface area contributed by atoms with Crippen LogP contribution in [-0.4, -0.2) is 0 Å². The van der Waals surface area contributed by atoms with Crippen LogP contribution in [-0.2, 0) is 20.5 Å². The van der Waals surface area contributed by atoms with Crippen molar-refractivity contribution < 1.29 is 9.13 Å². The Kier molecular flexibility index (Phi) is 4.89. The van der Waals surface area contributed by atoms with Crippen molar-refractivity contribution >= 4 is 21.4 Å². The molecule has 0 aliphatic heterocycles. The molecular formula is C27H24N2S+2. The molecule has 0 fully saturated rings. The van der Waals surface area contributed by atoms with E-state index in [4.69, 9.17) is 0 Å². The van der Waals surface area contributed by atoms with Crippen LogP contribution in [0.2, 0.25) is 0 Å². The van der Waals surface area contributed by atoms with E-state index in [1.165, 1.54) is 43.0 Å². The fraction of sp³-hybridized carbons (Fsp3) is 0.111. The van der Waals surface area contributed by atoms with Crippen LogP contribution in [0.25, 0.3) is 31.9 Å². The summed E-state index contributed by atoms with van der Waals surface area (Å²) < 4.78 is 5.76. The molecule has 5 aromatic rings. The smallest absolute Gasteiger partial charge is 0.201 e. The van der Waals surface area contributed by atoms with Gasteiger partial charge in [0.15, 0.2) is 12.4 Å². The molecule has 0 saturated carbocycles. The second-order valence-corrected chi connectivity index (χ2v) is 8.69. The highest BCUT2D eigenvalue weighted by molar-refractivity contribution is 7.22. The van der Waals surface area contributed by atoms with Crippen molar-refractivity contribution in [3.63, 3.8) is 0 Å². The van der Waals surface area contributed by atoms with Crippen LogP contribution >= 0.6 is 11.3 Å². The molecule has 0 atom stereocenters. The standard InChI is InChI=1S/C27H24N2S/c1-28-17-9-7-14-24(28)21-12-4-3-11-20(21)19-23-22-13-5-6-16-26(22)30-27(23)25-15-8-10-18-29(25)2/h3-18H,19H2,1-2H3/q+2. The second-order valence-electron chi connectivity index (χ2n) is 7.63. The van der Waals surface area contributed by atoms with Crippen LogP contribution in [0.5, 0.6) is 0 Å². The zero-order valence-corrected chi connectivity index (χ0v) is 18.1. The summed E-state index contributed by atoms with van der Waals surface area (Å²) in [5.74, 6) is 0. The van der Waals surface area contributed by atoms with Gasteiger partial charge in [-0.25, -0.2) is 9.13 Å². The number of hydrogen-bond donors (Lipinski definition) is 0. The lowest BCUT2D eigenvalue weighted by molar-refractivity contribution is -0.660. The Morgan fingerprint density at radius 2 is 1.30 bits per heavy atom. The molecular weight excluding hydrogens is 384 g/mol. The molecule has 146 valence electrons. The summed E-state index contributed by atoms with van der Waals surface area (Å²) >= 11 is 1.89. The fourth-order valence-corrected chi connectivity index (χ4v) is 5.45. The molecule has 0 aliphatic rings. The molecule has 0 N–H and O–H groups in total. The molecule has 0 aliphatic carbocycles. The Balaban J connectivity index is 1.70. The van der Waals surface area contributed by atoms with Crippen molar-refractivity contribution in [2.45, 2.75) is 6.42 Å². The first-order valence-electron chi connectivity index (χ1n) is 10.2. The molecule has 0 unspecified atom stereocenters. The van der Waals surface area contributed by atoms with Crippen LogP contribution < -0.4 is 9.13 Å². The number of pyridine rings is 2. The largest absolute Gasteiger partial charge is 0.222 e. The summed E-state index contributed by atoms with van der Waals surface area (Å²) in [4.78, 5) is 1.35. The predicted octanol–water partition coefficient (Wildman–Crippen LogP) is 5.48. The summed E-state index contributed by atoms with van der Waals surface area (Å²) in [6, 6.07) is 30.4. The van der Waals surface area contributed by atoms with E-state index in [0.717, 1.165) is 6.42 Å². The first-order chi connectivity index (χ1) is 14.7. The molecule has 0 bridgehead atoms. The van der Waals surface area contributed by atoms with Gasteiger partial charge in [0.05, 0.1) is 0 Å². The van der Waals surface area contributed by atoms with E-state index in [2.05, 4.69) is 121 Å².